The van der Waals surface area contributed by atoms with Crippen LogP contribution < -0.4 is 0 Å². The lowest BCUT2D eigenvalue weighted by atomic mass is 13.1. The molecule has 0 aliphatic rings. The predicted octanol–water partition coefficient (Wildman–Crippen LogP) is -1.42. The standard InChI is InChI=1S/Al.3HNO3/c;3*2-1(3)4/h;3*(H,2,3,4). The van der Waals surface area contributed by atoms with Crippen molar-refractivity contribution in [3.05, 3.63) is 30.3 Å². The van der Waals surface area contributed by atoms with Crippen molar-refractivity contribution >= 4 is 17.4 Å². The van der Waals surface area contributed by atoms with Gasteiger partial charge in [0.05, 0.1) is 0 Å². The summed E-state index contributed by atoms with van der Waals surface area (Å²) in [5.41, 5.74) is 0. The molecule has 0 bridgehead atoms. The van der Waals surface area contributed by atoms with Crippen LogP contribution in [-0.2, 0) is 0 Å². The molecule has 75 valence electrons. The van der Waals surface area contributed by atoms with Crippen LogP contribution in [0.15, 0.2) is 0 Å². The van der Waals surface area contributed by atoms with Crippen LogP contribution in [0.3, 0.4) is 0 Å². The van der Waals surface area contributed by atoms with Crippen molar-refractivity contribution in [2.45, 2.75) is 0 Å². The molecule has 0 aliphatic heterocycles. The molecular formula is H3AlN3O9. The number of hydrogen-bond donors (Lipinski definition) is 3. The second kappa shape index (κ2) is 16.6. The summed E-state index contributed by atoms with van der Waals surface area (Å²) < 4.78 is 0. The van der Waals surface area contributed by atoms with Crippen LogP contribution in [0.25, 0.3) is 0 Å². The Balaban J connectivity index is -0.0000000450. The van der Waals surface area contributed by atoms with Gasteiger partial charge in [0.2, 0.25) is 0 Å². The summed E-state index contributed by atoms with van der Waals surface area (Å²) >= 11 is 0. The maximum Gasteiger partial charge on any atom is 0.291 e. The van der Waals surface area contributed by atoms with Gasteiger partial charge in [0.1, 0.15) is 0 Å². The minimum Gasteiger partial charge on any atom is -0.328 e. The number of hydrogen-bond acceptors (Lipinski definition) is 6. The van der Waals surface area contributed by atoms with Crippen LogP contribution in [0.2, 0.25) is 0 Å². The predicted molar refractivity (Wildman–Crippen MR) is 32.1 cm³/mol. The lowest BCUT2D eigenvalue weighted by Gasteiger charge is -1.56. The van der Waals surface area contributed by atoms with E-state index >= 15 is 0 Å². The number of nitrogens with zero attached hydrogens (tertiary/aromatic N) is 3. The molecule has 0 spiro atoms. The van der Waals surface area contributed by atoms with Gasteiger partial charge in [0, 0.05) is 17.4 Å². The minimum absolute atomic E-state index is 0. The van der Waals surface area contributed by atoms with Gasteiger partial charge in [0.25, 0.3) is 15.3 Å². The Hall–Kier alpha value is -1.87. The molecular weight excluding hydrogens is 213 g/mol. The van der Waals surface area contributed by atoms with Gasteiger partial charge in [-0.05, 0) is 0 Å². The maximum atomic E-state index is 8.36. The normalized spacial score (nSPS) is 5.54. The number of rotatable bonds is 0. The fraction of sp³-hybridized carbons (Fsp3) is 0. The molecule has 13 heavy (non-hydrogen) atoms. The summed E-state index contributed by atoms with van der Waals surface area (Å²) in [6, 6.07) is 0. The summed E-state index contributed by atoms with van der Waals surface area (Å²) in [5.74, 6) is 0. The first-order valence-corrected chi connectivity index (χ1v) is 1.70. The van der Waals surface area contributed by atoms with E-state index < -0.39 is 15.3 Å². The van der Waals surface area contributed by atoms with Crippen LogP contribution in [0, 0.1) is 30.3 Å². The third-order valence-corrected chi connectivity index (χ3v) is 0. The van der Waals surface area contributed by atoms with Gasteiger partial charge in [-0.3, -0.25) is 0 Å². The molecule has 0 saturated carbocycles. The van der Waals surface area contributed by atoms with Crippen LogP contribution in [0.4, 0.5) is 0 Å². The van der Waals surface area contributed by atoms with E-state index in [4.69, 9.17) is 46.0 Å². The van der Waals surface area contributed by atoms with Gasteiger partial charge in [0.15, 0.2) is 0 Å². The zero-order valence-electron chi connectivity index (χ0n) is 5.71. The fourth-order valence-corrected chi connectivity index (χ4v) is 0. The van der Waals surface area contributed by atoms with E-state index in [1.165, 1.54) is 0 Å². The summed E-state index contributed by atoms with van der Waals surface area (Å²) in [7, 11) is 0. The van der Waals surface area contributed by atoms with E-state index in [0.29, 0.717) is 0 Å². The van der Waals surface area contributed by atoms with Gasteiger partial charge in [-0.2, -0.15) is 0 Å². The van der Waals surface area contributed by atoms with Crippen LogP contribution in [-0.4, -0.2) is 48.2 Å². The summed E-state index contributed by atoms with van der Waals surface area (Å²) in [6.07, 6.45) is 0. The Kier molecular flexibility index (Phi) is 28.7. The van der Waals surface area contributed by atoms with E-state index in [9.17, 15) is 0 Å². The Morgan fingerprint density at radius 2 is 0.692 bits per heavy atom. The first-order valence-electron chi connectivity index (χ1n) is 1.70. The quantitative estimate of drug-likeness (QED) is 0.247. The van der Waals surface area contributed by atoms with E-state index in [2.05, 4.69) is 0 Å². The molecule has 0 fully saturated rings. The van der Waals surface area contributed by atoms with Gasteiger partial charge in [-0.1, -0.05) is 0 Å². The average molecular weight is 216 g/mol. The molecule has 0 saturated heterocycles. The molecule has 0 atom stereocenters. The zero-order chi connectivity index (χ0) is 10.7. The Morgan fingerprint density at radius 1 is 0.692 bits per heavy atom. The van der Waals surface area contributed by atoms with Crippen molar-refractivity contribution in [1.29, 1.82) is 0 Å². The van der Waals surface area contributed by atoms with Crippen molar-refractivity contribution in [1.82, 2.24) is 0 Å². The molecule has 0 aromatic heterocycles. The van der Waals surface area contributed by atoms with Crippen molar-refractivity contribution in [2.75, 3.05) is 0 Å². The minimum atomic E-state index is -1.50. The van der Waals surface area contributed by atoms with Crippen molar-refractivity contribution in [3.63, 3.8) is 0 Å². The van der Waals surface area contributed by atoms with Gasteiger partial charge < -0.3 is 15.6 Å². The third kappa shape index (κ3) is 192. The van der Waals surface area contributed by atoms with Crippen LogP contribution in [0.5, 0.6) is 0 Å². The van der Waals surface area contributed by atoms with Gasteiger partial charge in [-0.25, -0.2) is 0 Å². The summed E-state index contributed by atoms with van der Waals surface area (Å²) in [6.45, 7) is 0. The van der Waals surface area contributed by atoms with Crippen LogP contribution >= 0.6 is 0 Å². The highest BCUT2D eigenvalue weighted by molar-refractivity contribution is 5.75. The van der Waals surface area contributed by atoms with Crippen molar-refractivity contribution in [3.8, 4) is 0 Å². The molecule has 0 aromatic rings. The highest BCUT2D eigenvalue weighted by atomic mass is 27.0. The fourth-order valence-electron chi connectivity index (χ4n) is 0. The molecule has 3 N–H and O–H groups in total. The van der Waals surface area contributed by atoms with Gasteiger partial charge >= 0.3 is 0 Å². The topological polar surface area (TPSA) is 190 Å². The average Bonchev–Trinajstić information content (AvgIpc) is 1.54. The Morgan fingerprint density at radius 3 is 0.692 bits per heavy atom. The van der Waals surface area contributed by atoms with Crippen molar-refractivity contribution in [2.24, 2.45) is 0 Å². The van der Waals surface area contributed by atoms with E-state index in [-0.39, 0.29) is 17.4 Å². The smallest absolute Gasteiger partial charge is 0.291 e. The van der Waals surface area contributed by atoms with E-state index in [0.717, 1.165) is 0 Å². The molecule has 12 nitrogen and oxygen atoms in total. The zero-order valence-corrected chi connectivity index (χ0v) is 6.86. The Labute approximate surface area is 79.5 Å². The molecule has 0 aliphatic carbocycles. The first kappa shape index (κ1) is 22.5. The molecule has 0 unspecified atom stereocenters. The summed E-state index contributed by atoms with van der Waals surface area (Å²) in [4.78, 5) is 25.1. The van der Waals surface area contributed by atoms with Crippen LogP contribution in [0.1, 0.15) is 0 Å². The first-order chi connectivity index (χ1) is 5.20. The highest BCUT2D eigenvalue weighted by Crippen LogP contribution is 1.39. The maximum absolute atomic E-state index is 8.36. The van der Waals surface area contributed by atoms with Gasteiger partial charge in [-0.15, -0.1) is 30.3 Å². The molecule has 0 aromatic carbocycles. The molecule has 0 amide bonds. The van der Waals surface area contributed by atoms with E-state index in [1.54, 1.807) is 0 Å². The molecule has 0 heterocycles. The molecule has 3 radical (unpaired) electrons. The lowest BCUT2D eigenvalue weighted by molar-refractivity contribution is -0.742. The largest absolute Gasteiger partial charge is 0.328 e. The van der Waals surface area contributed by atoms with Crippen molar-refractivity contribution < 1.29 is 30.9 Å². The highest BCUT2D eigenvalue weighted by Gasteiger charge is 1.66. The molecule has 13 heteroatoms. The second-order valence-corrected chi connectivity index (χ2v) is 0.714. The monoisotopic (exact) mass is 216 g/mol. The SMILES string of the molecule is O=[N+]([O-])O.O=[N+]([O-])O.O=[N+]([O-])O.[Al]. The summed E-state index contributed by atoms with van der Waals surface area (Å²) in [5, 5.41) is 40.9. The second-order valence-electron chi connectivity index (χ2n) is 0.714. The Bertz CT molecular complexity index is 112. The molecule has 0 rings (SSSR count). The lowest BCUT2D eigenvalue weighted by Crippen LogP contribution is -1.81. The third-order valence-electron chi connectivity index (χ3n) is 0. The van der Waals surface area contributed by atoms with E-state index in [1.807, 2.05) is 0 Å².